The van der Waals surface area contributed by atoms with Gasteiger partial charge in [-0.25, -0.2) is 14.4 Å². The van der Waals surface area contributed by atoms with Gasteiger partial charge in [0.1, 0.15) is 11.5 Å². The van der Waals surface area contributed by atoms with Crippen LogP contribution >= 0.6 is 0 Å². The van der Waals surface area contributed by atoms with Crippen LogP contribution in [0.2, 0.25) is 0 Å². The number of benzene rings is 1. The first kappa shape index (κ1) is 23.2. The van der Waals surface area contributed by atoms with Gasteiger partial charge in [-0.3, -0.25) is 4.79 Å². The summed E-state index contributed by atoms with van der Waals surface area (Å²) in [5, 5.41) is 15.0. The molecule has 0 fully saturated rings. The number of rotatable bonds is 7. The zero-order valence-corrected chi connectivity index (χ0v) is 17.2. The third kappa shape index (κ3) is 5.22. The number of hydrogen-bond acceptors (Lipinski definition) is 5. The maximum absolute atomic E-state index is 13.7. The summed E-state index contributed by atoms with van der Waals surface area (Å²) in [6.07, 6.45) is -1.58. The highest BCUT2D eigenvalue weighted by Crippen LogP contribution is 2.32. The predicted octanol–water partition coefficient (Wildman–Crippen LogP) is 3.83. The molecule has 1 aromatic carbocycles. The predicted molar refractivity (Wildman–Crippen MR) is 109 cm³/mol. The quantitative estimate of drug-likeness (QED) is 0.409. The highest BCUT2D eigenvalue weighted by Gasteiger charge is 2.32. The molecule has 4 N–H and O–H groups in total. The van der Waals surface area contributed by atoms with Gasteiger partial charge in [-0.1, -0.05) is 0 Å². The summed E-state index contributed by atoms with van der Waals surface area (Å²) >= 11 is 0. The molecule has 2 heterocycles. The first-order valence-corrected chi connectivity index (χ1v) is 9.68. The van der Waals surface area contributed by atoms with Crippen molar-refractivity contribution in [1.82, 2.24) is 20.3 Å². The van der Waals surface area contributed by atoms with Crippen LogP contribution in [-0.4, -0.2) is 39.1 Å². The van der Waals surface area contributed by atoms with E-state index in [1.807, 2.05) is 13.8 Å². The first-order chi connectivity index (χ1) is 15.1. The van der Waals surface area contributed by atoms with Gasteiger partial charge in [-0.2, -0.15) is 13.2 Å². The molecule has 3 aromatic rings. The molecule has 0 unspecified atom stereocenters. The van der Waals surface area contributed by atoms with Crippen LogP contribution in [0.25, 0.3) is 11.3 Å². The highest BCUT2D eigenvalue weighted by atomic mass is 19.4. The molecule has 1 atom stereocenters. The standard InChI is InChI=1S/C21H21F4N5O2/c1-3-26-20-28-8-11(2)18(30-20)13-6-16(27-9-13)19(32)29-17(10-31)12-4-14(21(23,24)25)7-15(22)5-12/h4-9,17,27,31H,3,10H2,1-2H3,(H,29,32)(H,26,28,30)/t17-/m0/s1. The van der Waals surface area contributed by atoms with Gasteiger partial charge in [0.05, 0.1) is 23.9 Å². The van der Waals surface area contributed by atoms with Crippen molar-refractivity contribution < 1.29 is 27.5 Å². The summed E-state index contributed by atoms with van der Waals surface area (Å²) in [5.41, 5.74) is 0.629. The Bertz CT molecular complexity index is 1110. The molecule has 170 valence electrons. The zero-order valence-electron chi connectivity index (χ0n) is 17.2. The molecule has 0 aliphatic heterocycles. The van der Waals surface area contributed by atoms with E-state index in [1.54, 1.807) is 12.4 Å². The third-order valence-electron chi connectivity index (χ3n) is 4.65. The van der Waals surface area contributed by atoms with E-state index in [9.17, 15) is 27.5 Å². The van der Waals surface area contributed by atoms with E-state index in [0.29, 0.717) is 35.9 Å². The van der Waals surface area contributed by atoms with Crippen LogP contribution in [0.4, 0.5) is 23.5 Å². The number of anilines is 1. The van der Waals surface area contributed by atoms with Gasteiger partial charge in [0.25, 0.3) is 5.91 Å². The number of nitrogens with one attached hydrogen (secondary N) is 3. The van der Waals surface area contributed by atoms with E-state index in [4.69, 9.17) is 0 Å². The highest BCUT2D eigenvalue weighted by molar-refractivity contribution is 5.94. The van der Waals surface area contributed by atoms with Crippen LogP contribution in [0.5, 0.6) is 0 Å². The van der Waals surface area contributed by atoms with E-state index in [2.05, 4.69) is 25.6 Å². The normalized spacial score (nSPS) is 12.5. The van der Waals surface area contributed by atoms with Crippen molar-refractivity contribution in [3.63, 3.8) is 0 Å². The maximum atomic E-state index is 13.7. The molecule has 1 amide bonds. The number of aromatic amines is 1. The van der Waals surface area contributed by atoms with Crippen LogP contribution in [0.3, 0.4) is 0 Å². The van der Waals surface area contributed by atoms with Crippen molar-refractivity contribution in [2.45, 2.75) is 26.1 Å². The Morgan fingerprint density at radius 3 is 2.66 bits per heavy atom. The van der Waals surface area contributed by atoms with E-state index in [1.165, 1.54) is 6.07 Å². The zero-order chi connectivity index (χ0) is 23.5. The second kappa shape index (κ2) is 9.35. The Labute approximate surface area is 180 Å². The Morgan fingerprint density at radius 2 is 2.00 bits per heavy atom. The summed E-state index contributed by atoms with van der Waals surface area (Å²) in [7, 11) is 0. The fraction of sp³-hybridized carbons (Fsp3) is 0.286. The monoisotopic (exact) mass is 451 g/mol. The molecule has 2 aromatic heterocycles. The SMILES string of the molecule is CCNc1ncc(C)c(-c2c[nH]c(C(=O)N[C@@H](CO)c3cc(F)cc(C(F)(F)F)c3)c2)n1. The number of nitrogens with zero attached hydrogens (tertiary/aromatic N) is 2. The van der Waals surface area contributed by atoms with Gasteiger partial charge in [0.15, 0.2) is 0 Å². The third-order valence-corrected chi connectivity index (χ3v) is 4.65. The number of hydrogen-bond donors (Lipinski definition) is 4. The molecule has 0 aliphatic rings. The number of halogens is 4. The lowest BCUT2D eigenvalue weighted by atomic mass is 10.0. The van der Waals surface area contributed by atoms with Crippen molar-refractivity contribution >= 4 is 11.9 Å². The van der Waals surface area contributed by atoms with Gasteiger partial charge in [-0.05, 0) is 49.2 Å². The Balaban J connectivity index is 1.83. The van der Waals surface area contributed by atoms with Crippen molar-refractivity contribution in [2.24, 2.45) is 0 Å². The summed E-state index contributed by atoms with van der Waals surface area (Å²) < 4.78 is 52.7. The summed E-state index contributed by atoms with van der Waals surface area (Å²) in [6, 6.07) is 2.15. The van der Waals surface area contributed by atoms with Crippen LogP contribution in [0.15, 0.2) is 36.7 Å². The largest absolute Gasteiger partial charge is 0.416 e. The van der Waals surface area contributed by atoms with Crippen molar-refractivity contribution in [3.05, 3.63) is 64.9 Å². The molecule has 32 heavy (non-hydrogen) atoms. The number of aryl methyl sites for hydroxylation is 1. The Hall–Kier alpha value is -3.47. The number of aliphatic hydroxyl groups excluding tert-OH is 1. The van der Waals surface area contributed by atoms with Crippen molar-refractivity contribution in [3.8, 4) is 11.3 Å². The first-order valence-electron chi connectivity index (χ1n) is 9.68. The lowest BCUT2D eigenvalue weighted by Gasteiger charge is -2.18. The number of carbonyl (C=O) groups excluding carboxylic acids is 1. The molecule has 11 heteroatoms. The van der Waals surface area contributed by atoms with Crippen LogP contribution < -0.4 is 10.6 Å². The number of amides is 1. The molecule has 0 saturated carbocycles. The summed E-state index contributed by atoms with van der Waals surface area (Å²) in [5.74, 6) is -1.39. The number of carbonyl (C=O) groups is 1. The van der Waals surface area contributed by atoms with Crippen molar-refractivity contribution in [1.29, 1.82) is 0 Å². The fourth-order valence-corrected chi connectivity index (χ4v) is 3.09. The van der Waals surface area contributed by atoms with E-state index >= 15 is 0 Å². The number of aromatic nitrogens is 3. The average molecular weight is 451 g/mol. The smallest absolute Gasteiger partial charge is 0.394 e. The maximum Gasteiger partial charge on any atom is 0.416 e. The van der Waals surface area contributed by atoms with E-state index in [-0.39, 0.29) is 11.3 Å². The minimum Gasteiger partial charge on any atom is -0.394 e. The van der Waals surface area contributed by atoms with Gasteiger partial charge in [-0.15, -0.1) is 0 Å². The molecule has 3 rings (SSSR count). The Kier molecular flexibility index (Phi) is 6.78. The van der Waals surface area contributed by atoms with Crippen LogP contribution in [0, 0.1) is 12.7 Å². The molecule has 0 spiro atoms. The minimum absolute atomic E-state index is 0.0916. The summed E-state index contributed by atoms with van der Waals surface area (Å²) in [6.45, 7) is 3.61. The molecular formula is C21H21F4N5O2. The van der Waals surface area contributed by atoms with Gasteiger partial charge < -0.3 is 20.7 Å². The van der Waals surface area contributed by atoms with E-state index < -0.39 is 36.1 Å². The summed E-state index contributed by atoms with van der Waals surface area (Å²) in [4.78, 5) is 24.0. The molecule has 0 radical (unpaired) electrons. The molecule has 0 aliphatic carbocycles. The number of H-pyrrole nitrogens is 1. The molecular weight excluding hydrogens is 430 g/mol. The Morgan fingerprint density at radius 1 is 1.25 bits per heavy atom. The average Bonchev–Trinajstić information content (AvgIpc) is 3.22. The van der Waals surface area contributed by atoms with Crippen molar-refractivity contribution in [2.75, 3.05) is 18.5 Å². The van der Waals surface area contributed by atoms with Gasteiger partial charge >= 0.3 is 6.18 Å². The molecule has 0 saturated heterocycles. The van der Waals surface area contributed by atoms with Crippen LogP contribution in [0.1, 0.15) is 40.1 Å². The minimum atomic E-state index is -4.77. The van der Waals surface area contributed by atoms with Crippen LogP contribution in [-0.2, 0) is 6.18 Å². The van der Waals surface area contributed by atoms with Gasteiger partial charge in [0, 0.05) is 24.5 Å². The number of alkyl halides is 3. The lowest BCUT2D eigenvalue weighted by molar-refractivity contribution is -0.137. The molecule has 0 bridgehead atoms. The van der Waals surface area contributed by atoms with E-state index in [0.717, 1.165) is 11.6 Å². The van der Waals surface area contributed by atoms with Gasteiger partial charge in [0.2, 0.25) is 5.95 Å². The fourth-order valence-electron chi connectivity index (χ4n) is 3.09. The lowest BCUT2D eigenvalue weighted by Crippen LogP contribution is -2.31. The second-order valence-electron chi connectivity index (χ2n) is 7.04. The number of aliphatic hydroxyl groups is 1. The second-order valence-corrected chi connectivity index (χ2v) is 7.04. The molecule has 7 nitrogen and oxygen atoms in total. The topological polar surface area (TPSA) is 103 Å².